The van der Waals surface area contributed by atoms with Crippen LogP contribution in [-0.2, 0) is 16.6 Å². The van der Waals surface area contributed by atoms with Gasteiger partial charge in [-0.2, -0.15) is 8.42 Å². The van der Waals surface area contributed by atoms with Gasteiger partial charge in [0.1, 0.15) is 0 Å². The molecule has 0 aliphatic rings. The SMILES string of the molecule is CCCCn1c(-c2ccccc2)nn(S(=O)(=O)c2ccc(Br)cc2)c1=O. The first-order chi connectivity index (χ1) is 12.4. The van der Waals surface area contributed by atoms with Gasteiger partial charge in [-0.05, 0) is 30.7 Å². The van der Waals surface area contributed by atoms with Gasteiger partial charge in [0, 0.05) is 16.6 Å². The highest BCUT2D eigenvalue weighted by Crippen LogP contribution is 2.19. The molecule has 26 heavy (non-hydrogen) atoms. The van der Waals surface area contributed by atoms with Gasteiger partial charge in [-0.1, -0.05) is 63.7 Å². The van der Waals surface area contributed by atoms with Gasteiger partial charge in [-0.15, -0.1) is 5.10 Å². The molecule has 0 fully saturated rings. The van der Waals surface area contributed by atoms with E-state index in [0.29, 0.717) is 22.0 Å². The maximum Gasteiger partial charge on any atom is 0.361 e. The van der Waals surface area contributed by atoms with Crippen molar-refractivity contribution in [3.63, 3.8) is 0 Å². The molecule has 136 valence electrons. The molecule has 0 amide bonds. The number of unbranched alkanes of at least 4 members (excludes halogenated alkanes) is 1. The molecular weight excluding hydrogens is 418 g/mol. The summed E-state index contributed by atoms with van der Waals surface area (Å²) in [5.41, 5.74) is 0.0469. The molecule has 0 bridgehead atoms. The number of rotatable bonds is 6. The van der Waals surface area contributed by atoms with E-state index in [4.69, 9.17) is 0 Å². The van der Waals surface area contributed by atoms with Crippen molar-refractivity contribution in [3.8, 4) is 11.4 Å². The number of hydrogen-bond donors (Lipinski definition) is 0. The summed E-state index contributed by atoms with van der Waals surface area (Å²) in [6.07, 6.45) is 1.63. The zero-order valence-corrected chi connectivity index (χ0v) is 16.6. The van der Waals surface area contributed by atoms with Gasteiger partial charge in [0.25, 0.3) is 10.0 Å². The van der Waals surface area contributed by atoms with Crippen LogP contribution in [0.3, 0.4) is 0 Å². The van der Waals surface area contributed by atoms with Crippen molar-refractivity contribution in [1.82, 2.24) is 13.8 Å². The maximum atomic E-state index is 12.9. The second-order valence-electron chi connectivity index (χ2n) is 5.78. The smallest absolute Gasteiger partial charge is 0.274 e. The third-order valence-corrected chi connectivity index (χ3v) is 6.03. The summed E-state index contributed by atoms with van der Waals surface area (Å²) in [5.74, 6) is 0.352. The van der Waals surface area contributed by atoms with Crippen LogP contribution in [0.25, 0.3) is 11.4 Å². The molecule has 2 aromatic carbocycles. The quantitative estimate of drug-likeness (QED) is 0.593. The van der Waals surface area contributed by atoms with Crippen molar-refractivity contribution < 1.29 is 8.42 Å². The predicted octanol–water partition coefficient (Wildman–Crippen LogP) is 3.51. The van der Waals surface area contributed by atoms with Crippen molar-refractivity contribution in [2.24, 2.45) is 0 Å². The Kier molecular flexibility index (Phi) is 5.43. The second kappa shape index (κ2) is 7.59. The van der Waals surface area contributed by atoms with Crippen LogP contribution in [0.5, 0.6) is 0 Å². The highest BCUT2D eigenvalue weighted by molar-refractivity contribution is 9.10. The molecule has 0 saturated heterocycles. The first-order valence-corrected chi connectivity index (χ1v) is 10.4. The standard InChI is InChI=1S/C18H18BrN3O3S/c1-2-3-13-21-17(14-7-5-4-6-8-14)20-22(18(21)23)26(24,25)16-11-9-15(19)10-12-16/h4-12H,2-3,13H2,1H3. The van der Waals surface area contributed by atoms with Crippen LogP contribution in [0.2, 0.25) is 0 Å². The molecule has 1 heterocycles. The van der Waals surface area contributed by atoms with Gasteiger partial charge < -0.3 is 0 Å². The lowest BCUT2D eigenvalue weighted by atomic mass is 10.2. The van der Waals surface area contributed by atoms with Gasteiger partial charge in [0.05, 0.1) is 4.90 Å². The molecule has 0 aliphatic heterocycles. The summed E-state index contributed by atoms with van der Waals surface area (Å²) < 4.78 is 28.6. The Morgan fingerprint density at radius 1 is 1.04 bits per heavy atom. The minimum Gasteiger partial charge on any atom is -0.274 e. The summed E-state index contributed by atoms with van der Waals surface area (Å²) in [6.45, 7) is 2.42. The molecule has 3 aromatic rings. The average Bonchev–Trinajstić information content (AvgIpc) is 2.98. The van der Waals surface area contributed by atoms with Gasteiger partial charge in [-0.25, -0.2) is 4.79 Å². The Balaban J connectivity index is 2.18. The molecule has 0 unspecified atom stereocenters. The lowest BCUT2D eigenvalue weighted by Crippen LogP contribution is -2.30. The zero-order chi connectivity index (χ0) is 18.7. The van der Waals surface area contributed by atoms with E-state index >= 15 is 0 Å². The molecule has 0 atom stereocenters. The van der Waals surface area contributed by atoms with Crippen LogP contribution in [0.4, 0.5) is 0 Å². The van der Waals surface area contributed by atoms with Crippen molar-refractivity contribution in [2.45, 2.75) is 31.2 Å². The second-order valence-corrected chi connectivity index (χ2v) is 8.46. The van der Waals surface area contributed by atoms with Crippen molar-refractivity contribution in [3.05, 3.63) is 69.6 Å². The van der Waals surface area contributed by atoms with Crippen molar-refractivity contribution in [2.75, 3.05) is 0 Å². The molecule has 0 radical (unpaired) electrons. The van der Waals surface area contributed by atoms with E-state index in [2.05, 4.69) is 21.0 Å². The first-order valence-electron chi connectivity index (χ1n) is 8.21. The topological polar surface area (TPSA) is 74.0 Å². The van der Waals surface area contributed by atoms with Crippen molar-refractivity contribution >= 4 is 26.0 Å². The summed E-state index contributed by atoms with van der Waals surface area (Å²) >= 11 is 3.27. The Morgan fingerprint density at radius 3 is 2.31 bits per heavy atom. The molecule has 0 saturated carbocycles. The van der Waals surface area contributed by atoms with Gasteiger partial charge >= 0.3 is 5.69 Å². The molecule has 3 rings (SSSR count). The minimum atomic E-state index is -4.07. The van der Waals surface area contributed by atoms with E-state index in [-0.39, 0.29) is 4.90 Å². The molecule has 0 N–H and O–H groups in total. The number of halogens is 1. The van der Waals surface area contributed by atoms with E-state index in [1.54, 1.807) is 24.3 Å². The number of nitrogens with zero attached hydrogens (tertiary/aromatic N) is 3. The molecule has 0 spiro atoms. The summed E-state index contributed by atoms with van der Waals surface area (Å²) in [6, 6.07) is 15.2. The molecule has 6 nitrogen and oxygen atoms in total. The van der Waals surface area contributed by atoms with Crippen LogP contribution in [0, 0.1) is 0 Å². The number of aromatic nitrogens is 3. The van der Waals surface area contributed by atoms with E-state index in [1.165, 1.54) is 16.7 Å². The van der Waals surface area contributed by atoms with Crippen LogP contribution in [-0.4, -0.2) is 22.2 Å². The van der Waals surface area contributed by atoms with E-state index in [1.807, 2.05) is 25.1 Å². The summed E-state index contributed by atoms with van der Waals surface area (Å²) in [5, 5.41) is 4.17. The normalized spacial score (nSPS) is 11.6. The minimum absolute atomic E-state index is 0.0163. The van der Waals surface area contributed by atoms with Gasteiger partial charge in [-0.3, -0.25) is 4.57 Å². The first kappa shape index (κ1) is 18.6. The summed E-state index contributed by atoms with van der Waals surface area (Å²) in [4.78, 5) is 12.8. The molecule has 0 aliphatic carbocycles. The highest BCUT2D eigenvalue weighted by Gasteiger charge is 2.25. The number of hydrogen-bond acceptors (Lipinski definition) is 4. The zero-order valence-electron chi connectivity index (χ0n) is 14.2. The third kappa shape index (κ3) is 3.52. The molecular formula is C18H18BrN3O3S. The van der Waals surface area contributed by atoms with Crippen molar-refractivity contribution in [1.29, 1.82) is 0 Å². The van der Waals surface area contributed by atoms with Gasteiger partial charge in [0.2, 0.25) is 0 Å². The van der Waals surface area contributed by atoms with E-state index in [9.17, 15) is 13.2 Å². The average molecular weight is 436 g/mol. The molecule has 1 aromatic heterocycles. The van der Waals surface area contributed by atoms with Crippen LogP contribution in [0.1, 0.15) is 19.8 Å². The highest BCUT2D eigenvalue weighted by atomic mass is 79.9. The van der Waals surface area contributed by atoms with Crippen LogP contribution in [0.15, 0.2) is 68.8 Å². The lowest BCUT2D eigenvalue weighted by molar-refractivity contribution is 0.572. The van der Waals surface area contributed by atoms with E-state index < -0.39 is 15.7 Å². The predicted molar refractivity (Wildman–Crippen MR) is 104 cm³/mol. The fraction of sp³-hybridized carbons (Fsp3) is 0.222. The fourth-order valence-corrected chi connectivity index (χ4v) is 3.99. The Morgan fingerprint density at radius 2 is 1.69 bits per heavy atom. The molecule has 8 heteroatoms. The van der Waals surface area contributed by atoms with Crippen LogP contribution >= 0.6 is 15.9 Å². The largest absolute Gasteiger partial charge is 0.361 e. The van der Waals surface area contributed by atoms with Crippen LogP contribution < -0.4 is 5.69 Å². The van der Waals surface area contributed by atoms with Gasteiger partial charge in [0.15, 0.2) is 5.82 Å². The Labute approximate surface area is 160 Å². The third-order valence-electron chi connectivity index (χ3n) is 3.94. The Bertz CT molecular complexity index is 1060. The Hall–Kier alpha value is -2.19. The summed E-state index contributed by atoms with van der Waals surface area (Å²) in [7, 11) is -4.07. The number of benzene rings is 2. The van der Waals surface area contributed by atoms with E-state index in [0.717, 1.165) is 17.3 Å². The fourth-order valence-electron chi connectivity index (χ4n) is 2.56. The maximum absolute atomic E-state index is 12.9. The lowest BCUT2D eigenvalue weighted by Gasteiger charge is -2.04. The monoisotopic (exact) mass is 435 g/mol.